The highest BCUT2D eigenvalue weighted by Crippen LogP contribution is 2.15. The number of hydrogen-bond acceptors (Lipinski definition) is 2. The molecule has 0 saturated heterocycles. The molecule has 0 radical (unpaired) electrons. The first kappa shape index (κ1) is 16.5. The zero-order chi connectivity index (χ0) is 15.3. The van der Waals surface area contributed by atoms with Gasteiger partial charge in [-0.05, 0) is 32.1 Å². The van der Waals surface area contributed by atoms with Crippen molar-refractivity contribution in [1.82, 2.24) is 10.2 Å². The smallest absolute Gasteiger partial charge is 0.254 e. The Morgan fingerprint density at radius 2 is 1.80 bits per heavy atom. The van der Waals surface area contributed by atoms with Crippen molar-refractivity contribution >= 4 is 5.91 Å². The summed E-state index contributed by atoms with van der Waals surface area (Å²) in [6.07, 6.45) is 0. The lowest BCUT2D eigenvalue weighted by molar-refractivity contribution is 0.0932. The van der Waals surface area contributed by atoms with Crippen LogP contribution in [0.25, 0.3) is 0 Å². The molecule has 0 fully saturated rings. The Hall–Kier alpha value is -1.56. The molecule has 1 amide bonds. The van der Waals surface area contributed by atoms with Crippen LogP contribution in [0.4, 0.5) is 13.2 Å². The van der Waals surface area contributed by atoms with Crippen molar-refractivity contribution in [3.05, 3.63) is 35.1 Å². The molecule has 0 aromatic heterocycles. The SMILES string of the molecule is CCN(CC)C(C)CNC(=O)c1ccc(F)c(F)c1F. The molecule has 6 heteroatoms. The van der Waals surface area contributed by atoms with E-state index in [9.17, 15) is 18.0 Å². The topological polar surface area (TPSA) is 32.3 Å². The summed E-state index contributed by atoms with van der Waals surface area (Å²) in [5.41, 5.74) is -0.490. The number of carbonyl (C=O) groups excluding carboxylic acids is 1. The highest BCUT2D eigenvalue weighted by molar-refractivity contribution is 5.94. The van der Waals surface area contributed by atoms with Crippen molar-refractivity contribution in [3.63, 3.8) is 0 Å². The van der Waals surface area contributed by atoms with E-state index in [1.54, 1.807) is 0 Å². The molecule has 1 atom stereocenters. The van der Waals surface area contributed by atoms with Crippen molar-refractivity contribution in [3.8, 4) is 0 Å². The molecule has 20 heavy (non-hydrogen) atoms. The monoisotopic (exact) mass is 288 g/mol. The van der Waals surface area contributed by atoms with Crippen LogP contribution in [-0.4, -0.2) is 36.5 Å². The van der Waals surface area contributed by atoms with Gasteiger partial charge in [-0.1, -0.05) is 13.8 Å². The number of benzene rings is 1. The van der Waals surface area contributed by atoms with Crippen LogP contribution in [0.1, 0.15) is 31.1 Å². The number of carbonyl (C=O) groups is 1. The number of rotatable bonds is 6. The summed E-state index contributed by atoms with van der Waals surface area (Å²) in [5, 5.41) is 2.53. The van der Waals surface area contributed by atoms with Crippen molar-refractivity contribution in [2.24, 2.45) is 0 Å². The van der Waals surface area contributed by atoms with Crippen LogP contribution in [0, 0.1) is 17.5 Å². The second-order valence-corrected chi connectivity index (χ2v) is 4.50. The fourth-order valence-corrected chi connectivity index (χ4v) is 2.01. The average Bonchev–Trinajstić information content (AvgIpc) is 2.43. The van der Waals surface area contributed by atoms with Crippen LogP contribution in [0.15, 0.2) is 12.1 Å². The molecule has 3 nitrogen and oxygen atoms in total. The Morgan fingerprint density at radius 3 is 2.35 bits per heavy atom. The number of likely N-dealkylation sites (N-methyl/N-ethyl adjacent to an activating group) is 1. The van der Waals surface area contributed by atoms with Gasteiger partial charge in [0, 0.05) is 12.6 Å². The summed E-state index contributed by atoms with van der Waals surface area (Å²) in [5.74, 6) is -5.15. The maximum Gasteiger partial charge on any atom is 0.254 e. The van der Waals surface area contributed by atoms with Gasteiger partial charge in [0.25, 0.3) is 5.91 Å². The van der Waals surface area contributed by atoms with E-state index >= 15 is 0 Å². The molecule has 1 N–H and O–H groups in total. The molecule has 0 heterocycles. The van der Waals surface area contributed by atoms with E-state index in [0.717, 1.165) is 25.2 Å². The minimum absolute atomic E-state index is 0.0716. The highest BCUT2D eigenvalue weighted by atomic mass is 19.2. The minimum atomic E-state index is -1.63. The van der Waals surface area contributed by atoms with E-state index in [4.69, 9.17) is 0 Å². The van der Waals surface area contributed by atoms with Gasteiger partial charge in [-0.2, -0.15) is 0 Å². The van der Waals surface area contributed by atoms with E-state index in [2.05, 4.69) is 10.2 Å². The maximum atomic E-state index is 13.4. The third-order valence-electron chi connectivity index (χ3n) is 3.27. The Balaban J connectivity index is 2.71. The van der Waals surface area contributed by atoms with E-state index in [0.29, 0.717) is 6.54 Å². The molecular formula is C14H19F3N2O. The summed E-state index contributed by atoms with van der Waals surface area (Å²) in [7, 11) is 0. The molecule has 112 valence electrons. The maximum absolute atomic E-state index is 13.4. The van der Waals surface area contributed by atoms with Gasteiger partial charge < -0.3 is 5.32 Å². The standard InChI is InChI=1S/C14H19F3N2O/c1-4-19(5-2)9(3)8-18-14(20)10-6-7-11(15)13(17)12(10)16/h6-7,9H,4-5,8H2,1-3H3,(H,18,20). The molecule has 0 bridgehead atoms. The summed E-state index contributed by atoms with van der Waals surface area (Å²) in [6, 6.07) is 1.74. The second-order valence-electron chi connectivity index (χ2n) is 4.50. The molecule has 1 aromatic carbocycles. The number of nitrogens with zero attached hydrogens (tertiary/aromatic N) is 1. The van der Waals surface area contributed by atoms with Crippen LogP contribution in [0.2, 0.25) is 0 Å². The summed E-state index contributed by atoms with van der Waals surface area (Å²) in [6.45, 7) is 7.88. The molecular weight excluding hydrogens is 269 g/mol. The quantitative estimate of drug-likeness (QED) is 0.816. The van der Waals surface area contributed by atoms with Gasteiger partial charge in [-0.25, -0.2) is 13.2 Å². The Labute approximate surface area is 116 Å². The van der Waals surface area contributed by atoms with Crippen molar-refractivity contribution in [1.29, 1.82) is 0 Å². The molecule has 1 aromatic rings. The average molecular weight is 288 g/mol. The third kappa shape index (κ3) is 3.72. The third-order valence-corrected chi connectivity index (χ3v) is 3.27. The lowest BCUT2D eigenvalue weighted by atomic mass is 10.1. The molecule has 1 rings (SSSR count). The van der Waals surface area contributed by atoms with Gasteiger partial charge >= 0.3 is 0 Å². The fourth-order valence-electron chi connectivity index (χ4n) is 2.01. The van der Waals surface area contributed by atoms with E-state index in [1.165, 1.54) is 0 Å². The predicted octanol–water partition coefficient (Wildman–Crippen LogP) is 2.56. The lowest BCUT2D eigenvalue weighted by Gasteiger charge is -2.26. The molecule has 0 aliphatic heterocycles. The number of halogens is 3. The van der Waals surface area contributed by atoms with Crippen molar-refractivity contribution in [2.45, 2.75) is 26.8 Å². The molecule has 0 spiro atoms. The normalized spacial score (nSPS) is 12.6. The number of hydrogen-bond donors (Lipinski definition) is 1. The van der Waals surface area contributed by atoms with Crippen LogP contribution >= 0.6 is 0 Å². The van der Waals surface area contributed by atoms with Crippen molar-refractivity contribution in [2.75, 3.05) is 19.6 Å². The second kappa shape index (κ2) is 7.28. The van der Waals surface area contributed by atoms with Gasteiger partial charge in [0.2, 0.25) is 0 Å². The highest BCUT2D eigenvalue weighted by Gasteiger charge is 2.19. The largest absolute Gasteiger partial charge is 0.350 e. The summed E-state index contributed by atoms with van der Waals surface area (Å²) in [4.78, 5) is 13.9. The first-order valence-electron chi connectivity index (χ1n) is 6.58. The fraction of sp³-hybridized carbons (Fsp3) is 0.500. The molecule has 0 saturated carbocycles. The summed E-state index contributed by atoms with van der Waals surface area (Å²) >= 11 is 0. The molecule has 1 unspecified atom stereocenters. The Bertz CT molecular complexity index is 476. The van der Waals surface area contributed by atoms with E-state index < -0.39 is 28.9 Å². The van der Waals surface area contributed by atoms with Gasteiger partial charge in [0.1, 0.15) is 0 Å². The summed E-state index contributed by atoms with van der Waals surface area (Å²) < 4.78 is 39.3. The zero-order valence-electron chi connectivity index (χ0n) is 11.8. The van der Waals surface area contributed by atoms with Crippen molar-refractivity contribution < 1.29 is 18.0 Å². The first-order valence-corrected chi connectivity index (χ1v) is 6.58. The zero-order valence-corrected chi connectivity index (χ0v) is 11.8. The Morgan fingerprint density at radius 1 is 1.20 bits per heavy atom. The van der Waals surface area contributed by atoms with Gasteiger partial charge in [-0.15, -0.1) is 0 Å². The van der Waals surface area contributed by atoms with E-state index in [-0.39, 0.29) is 6.04 Å². The lowest BCUT2D eigenvalue weighted by Crippen LogP contribution is -2.42. The van der Waals surface area contributed by atoms with Crippen LogP contribution in [-0.2, 0) is 0 Å². The predicted molar refractivity (Wildman–Crippen MR) is 71.0 cm³/mol. The molecule has 0 aliphatic carbocycles. The van der Waals surface area contributed by atoms with Gasteiger partial charge in [0.15, 0.2) is 17.5 Å². The number of nitrogens with one attached hydrogen (secondary N) is 1. The van der Waals surface area contributed by atoms with E-state index in [1.807, 2.05) is 20.8 Å². The van der Waals surface area contributed by atoms with Crippen LogP contribution in [0.5, 0.6) is 0 Å². The van der Waals surface area contributed by atoms with Gasteiger partial charge in [-0.3, -0.25) is 9.69 Å². The van der Waals surface area contributed by atoms with Gasteiger partial charge in [0.05, 0.1) is 5.56 Å². The van der Waals surface area contributed by atoms with Crippen LogP contribution < -0.4 is 5.32 Å². The minimum Gasteiger partial charge on any atom is -0.350 e. The van der Waals surface area contributed by atoms with Crippen LogP contribution in [0.3, 0.4) is 0 Å². The Kier molecular flexibility index (Phi) is 6.01. The number of amides is 1. The first-order chi connectivity index (χ1) is 9.42. The molecule has 0 aliphatic rings.